The molecule has 1 N–H and O–H groups in total. The number of anilines is 1. The van der Waals surface area contributed by atoms with Gasteiger partial charge in [-0.1, -0.05) is 47.5 Å². The quantitative estimate of drug-likeness (QED) is 0.267. The predicted molar refractivity (Wildman–Crippen MR) is 139 cm³/mol. The van der Waals surface area contributed by atoms with Gasteiger partial charge in [0.1, 0.15) is 5.75 Å². The van der Waals surface area contributed by atoms with Crippen LogP contribution in [0.15, 0.2) is 78.2 Å². The van der Waals surface area contributed by atoms with Crippen molar-refractivity contribution >= 4 is 56.5 Å². The number of benzene rings is 3. The lowest BCUT2D eigenvalue weighted by Gasteiger charge is -2.10. The third kappa shape index (κ3) is 4.48. The van der Waals surface area contributed by atoms with E-state index in [9.17, 15) is 4.79 Å². The number of nitrogens with zero attached hydrogens (tertiary/aromatic N) is 2. The van der Waals surface area contributed by atoms with Crippen molar-refractivity contribution in [2.75, 3.05) is 12.4 Å². The summed E-state index contributed by atoms with van der Waals surface area (Å²) in [7, 11) is 1.62. The van der Waals surface area contributed by atoms with Gasteiger partial charge in [-0.25, -0.2) is 9.97 Å². The SMILES string of the molecule is COc1ccc(-c2cc(C(=O)Nc3nc(-c4ccc(Cl)c(Cl)c4)cs3)c3ccccc3n2)cc1. The number of para-hydroxylation sites is 1. The third-order valence-corrected chi connectivity index (χ3v) is 6.78. The van der Waals surface area contributed by atoms with Gasteiger partial charge in [-0.15, -0.1) is 11.3 Å². The normalized spacial score (nSPS) is 10.9. The number of hydrogen-bond acceptors (Lipinski definition) is 5. The highest BCUT2D eigenvalue weighted by molar-refractivity contribution is 7.14. The predicted octanol–water partition coefficient (Wildman–Crippen LogP) is 7.59. The molecule has 8 heteroatoms. The number of amides is 1. The molecule has 2 aromatic heterocycles. The molecule has 0 fully saturated rings. The maximum Gasteiger partial charge on any atom is 0.258 e. The Morgan fingerprint density at radius 3 is 2.41 bits per heavy atom. The Hall–Kier alpha value is -3.45. The largest absolute Gasteiger partial charge is 0.497 e. The molecule has 3 aromatic carbocycles. The van der Waals surface area contributed by atoms with Gasteiger partial charge in [0, 0.05) is 21.9 Å². The lowest BCUT2D eigenvalue weighted by molar-refractivity contribution is 0.102. The van der Waals surface area contributed by atoms with Crippen molar-refractivity contribution in [3.05, 3.63) is 93.8 Å². The summed E-state index contributed by atoms with van der Waals surface area (Å²) < 4.78 is 5.25. The van der Waals surface area contributed by atoms with Gasteiger partial charge in [-0.05, 0) is 48.5 Å². The molecule has 168 valence electrons. The number of aromatic nitrogens is 2. The van der Waals surface area contributed by atoms with Gasteiger partial charge in [0.2, 0.25) is 0 Å². The van der Waals surface area contributed by atoms with Gasteiger partial charge < -0.3 is 4.74 Å². The minimum atomic E-state index is -0.261. The van der Waals surface area contributed by atoms with Crippen molar-refractivity contribution in [3.8, 4) is 28.3 Å². The van der Waals surface area contributed by atoms with E-state index in [-0.39, 0.29) is 5.91 Å². The first kappa shape index (κ1) is 22.3. The smallest absolute Gasteiger partial charge is 0.258 e. The van der Waals surface area contributed by atoms with Crippen LogP contribution in [0.3, 0.4) is 0 Å². The molecule has 0 saturated carbocycles. The van der Waals surface area contributed by atoms with Crippen LogP contribution in [0.5, 0.6) is 5.75 Å². The fraction of sp³-hybridized carbons (Fsp3) is 0.0385. The first-order chi connectivity index (χ1) is 16.5. The molecule has 0 saturated heterocycles. The van der Waals surface area contributed by atoms with Gasteiger partial charge in [-0.2, -0.15) is 0 Å². The van der Waals surface area contributed by atoms with Crippen LogP contribution in [0, 0.1) is 0 Å². The molecule has 0 aliphatic carbocycles. The first-order valence-corrected chi connectivity index (χ1v) is 11.9. The summed E-state index contributed by atoms with van der Waals surface area (Å²) in [4.78, 5) is 22.6. The van der Waals surface area contributed by atoms with E-state index in [0.717, 1.165) is 27.8 Å². The minimum absolute atomic E-state index is 0.261. The van der Waals surface area contributed by atoms with Crippen LogP contribution in [0.2, 0.25) is 10.0 Å². The van der Waals surface area contributed by atoms with E-state index in [2.05, 4.69) is 10.3 Å². The van der Waals surface area contributed by atoms with Crippen LogP contribution < -0.4 is 10.1 Å². The fourth-order valence-corrected chi connectivity index (χ4v) is 4.57. The van der Waals surface area contributed by atoms with Crippen LogP contribution >= 0.6 is 34.5 Å². The standard InChI is InChI=1S/C26H17Cl2N3O2S/c1-33-17-9-6-15(7-10-17)23-13-19(18-4-2-3-5-22(18)29-23)25(32)31-26-30-24(14-34-26)16-8-11-20(27)21(28)12-16/h2-14H,1H3,(H,30,31,32). The summed E-state index contributed by atoms with van der Waals surface area (Å²) >= 11 is 13.5. The molecule has 0 unspecified atom stereocenters. The summed E-state index contributed by atoms with van der Waals surface area (Å²) in [5.74, 6) is 0.493. The van der Waals surface area contributed by atoms with Gasteiger partial charge in [0.05, 0.1) is 39.6 Å². The van der Waals surface area contributed by atoms with Gasteiger partial charge in [0.15, 0.2) is 5.13 Å². The van der Waals surface area contributed by atoms with Gasteiger partial charge in [-0.3, -0.25) is 10.1 Å². The Balaban J connectivity index is 1.48. The van der Waals surface area contributed by atoms with E-state index < -0.39 is 0 Å². The minimum Gasteiger partial charge on any atom is -0.497 e. The Bertz CT molecular complexity index is 1520. The monoisotopic (exact) mass is 505 g/mol. The van der Waals surface area contributed by atoms with E-state index in [0.29, 0.717) is 32.1 Å². The van der Waals surface area contributed by atoms with Gasteiger partial charge >= 0.3 is 0 Å². The number of rotatable bonds is 5. The van der Waals surface area contributed by atoms with Crippen molar-refractivity contribution < 1.29 is 9.53 Å². The molecule has 0 radical (unpaired) electrons. The molecule has 0 atom stereocenters. The van der Waals surface area contributed by atoms with Crippen LogP contribution in [0.4, 0.5) is 5.13 Å². The number of halogens is 2. The van der Waals surface area contributed by atoms with Crippen molar-refractivity contribution in [2.45, 2.75) is 0 Å². The molecule has 34 heavy (non-hydrogen) atoms. The molecule has 5 aromatic rings. The van der Waals surface area contributed by atoms with Crippen LogP contribution in [0.1, 0.15) is 10.4 Å². The number of fused-ring (bicyclic) bond motifs is 1. The second-order valence-corrected chi connectivity index (χ2v) is 9.09. The molecule has 2 heterocycles. The molecule has 5 rings (SSSR count). The molecule has 0 aliphatic rings. The number of nitrogens with one attached hydrogen (secondary N) is 1. The Labute approximate surface area is 210 Å². The Morgan fingerprint density at radius 1 is 0.882 bits per heavy atom. The van der Waals surface area contributed by atoms with E-state index in [4.69, 9.17) is 32.9 Å². The second-order valence-electron chi connectivity index (χ2n) is 7.42. The highest BCUT2D eigenvalue weighted by Crippen LogP contribution is 2.31. The summed E-state index contributed by atoms with van der Waals surface area (Å²) in [5.41, 5.74) is 4.36. The molecule has 0 spiro atoms. The highest BCUT2D eigenvalue weighted by atomic mass is 35.5. The van der Waals surface area contributed by atoms with E-state index in [1.807, 2.05) is 60.0 Å². The molecule has 5 nitrogen and oxygen atoms in total. The van der Waals surface area contributed by atoms with Gasteiger partial charge in [0.25, 0.3) is 5.91 Å². The number of ether oxygens (including phenoxy) is 1. The van der Waals surface area contributed by atoms with Crippen molar-refractivity contribution in [2.24, 2.45) is 0 Å². The Morgan fingerprint density at radius 2 is 1.65 bits per heavy atom. The average molecular weight is 506 g/mol. The second kappa shape index (κ2) is 9.43. The van der Waals surface area contributed by atoms with Crippen LogP contribution in [-0.4, -0.2) is 23.0 Å². The summed E-state index contributed by atoms with van der Waals surface area (Å²) in [6, 6.07) is 22.3. The lowest BCUT2D eigenvalue weighted by atomic mass is 10.0. The number of thiazole rings is 1. The first-order valence-electron chi connectivity index (χ1n) is 10.3. The van der Waals surface area contributed by atoms with E-state index in [1.54, 1.807) is 25.3 Å². The molecule has 0 aliphatic heterocycles. The van der Waals surface area contributed by atoms with Crippen molar-refractivity contribution in [1.29, 1.82) is 0 Å². The summed E-state index contributed by atoms with van der Waals surface area (Å²) in [6.07, 6.45) is 0. The molecular weight excluding hydrogens is 489 g/mol. The molecule has 1 amide bonds. The molecule has 0 bridgehead atoms. The number of carbonyl (C=O) groups is 1. The lowest BCUT2D eigenvalue weighted by Crippen LogP contribution is -2.13. The fourth-order valence-electron chi connectivity index (χ4n) is 3.56. The summed E-state index contributed by atoms with van der Waals surface area (Å²) in [5, 5.41) is 6.96. The summed E-state index contributed by atoms with van der Waals surface area (Å²) in [6.45, 7) is 0. The number of methoxy groups -OCH3 is 1. The molecular formula is C26H17Cl2N3O2S. The van der Waals surface area contributed by atoms with Crippen molar-refractivity contribution in [1.82, 2.24) is 9.97 Å². The maximum absolute atomic E-state index is 13.3. The zero-order valence-electron chi connectivity index (χ0n) is 17.9. The third-order valence-electron chi connectivity index (χ3n) is 5.29. The zero-order chi connectivity index (χ0) is 23.7. The van der Waals surface area contributed by atoms with E-state index >= 15 is 0 Å². The number of pyridine rings is 1. The zero-order valence-corrected chi connectivity index (χ0v) is 20.2. The maximum atomic E-state index is 13.3. The number of carbonyl (C=O) groups excluding carboxylic acids is 1. The topological polar surface area (TPSA) is 64.1 Å². The van der Waals surface area contributed by atoms with Crippen LogP contribution in [-0.2, 0) is 0 Å². The Kier molecular flexibility index (Phi) is 6.20. The van der Waals surface area contributed by atoms with Crippen molar-refractivity contribution in [3.63, 3.8) is 0 Å². The average Bonchev–Trinajstić information content (AvgIpc) is 3.33. The van der Waals surface area contributed by atoms with Crippen LogP contribution in [0.25, 0.3) is 33.4 Å². The number of hydrogen-bond donors (Lipinski definition) is 1. The highest BCUT2D eigenvalue weighted by Gasteiger charge is 2.16. The van der Waals surface area contributed by atoms with E-state index in [1.165, 1.54) is 11.3 Å².